The van der Waals surface area contributed by atoms with Crippen LogP contribution in [0.15, 0.2) is 4.99 Å². The summed E-state index contributed by atoms with van der Waals surface area (Å²) < 4.78 is 0. The number of nitrogens with zero attached hydrogens (tertiary/aromatic N) is 3. The molecule has 1 heterocycles. The van der Waals surface area contributed by atoms with Gasteiger partial charge in [-0.3, -0.25) is 9.79 Å². The molecule has 1 saturated heterocycles. The number of guanidine groups is 1. The molecule has 1 rings (SSSR count). The summed E-state index contributed by atoms with van der Waals surface area (Å²) in [6.45, 7) is 10.9. The fourth-order valence-corrected chi connectivity index (χ4v) is 2.71. The zero-order valence-corrected chi connectivity index (χ0v) is 14.6. The van der Waals surface area contributed by atoms with Crippen molar-refractivity contribution in [3.63, 3.8) is 0 Å². The third-order valence-electron chi connectivity index (χ3n) is 4.24. The Labute approximate surface area is 135 Å². The minimum Gasteiger partial charge on any atom is -0.370 e. The van der Waals surface area contributed by atoms with Gasteiger partial charge in [-0.1, -0.05) is 0 Å². The van der Waals surface area contributed by atoms with E-state index in [0.717, 1.165) is 51.5 Å². The molecule has 3 N–H and O–H groups in total. The molecular weight excluding hydrogens is 278 g/mol. The number of nitrogens with one attached hydrogen (secondary N) is 1. The van der Waals surface area contributed by atoms with Crippen molar-refractivity contribution in [2.75, 3.05) is 39.8 Å². The molecule has 1 atom stereocenters. The van der Waals surface area contributed by atoms with Crippen LogP contribution in [0.5, 0.6) is 0 Å². The van der Waals surface area contributed by atoms with E-state index in [1.165, 1.54) is 0 Å². The second-order valence-corrected chi connectivity index (χ2v) is 6.43. The van der Waals surface area contributed by atoms with Gasteiger partial charge in [0.05, 0.1) is 6.54 Å². The fraction of sp³-hybridized carbons (Fsp3) is 0.875. The van der Waals surface area contributed by atoms with Crippen LogP contribution in [-0.4, -0.2) is 67.5 Å². The Kier molecular flexibility index (Phi) is 8.24. The van der Waals surface area contributed by atoms with E-state index in [9.17, 15) is 4.79 Å². The molecule has 1 aliphatic heterocycles. The molecule has 0 bridgehead atoms. The molecular formula is C16H33N5O. The number of piperidine rings is 1. The predicted octanol–water partition coefficient (Wildman–Crippen LogP) is 0.880. The van der Waals surface area contributed by atoms with Crippen LogP contribution < -0.4 is 11.1 Å². The van der Waals surface area contributed by atoms with Gasteiger partial charge in [-0.2, -0.15) is 0 Å². The van der Waals surface area contributed by atoms with Gasteiger partial charge in [0.15, 0.2) is 5.96 Å². The molecule has 1 unspecified atom stereocenters. The second-order valence-electron chi connectivity index (χ2n) is 6.43. The van der Waals surface area contributed by atoms with Crippen LogP contribution in [0.3, 0.4) is 0 Å². The molecule has 1 aliphatic rings. The molecule has 6 heteroatoms. The number of amides is 1. The number of likely N-dealkylation sites (N-methyl/N-ethyl adjacent to an activating group) is 1. The van der Waals surface area contributed by atoms with E-state index < -0.39 is 0 Å². The molecule has 22 heavy (non-hydrogen) atoms. The van der Waals surface area contributed by atoms with Gasteiger partial charge in [-0.15, -0.1) is 0 Å². The van der Waals surface area contributed by atoms with E-state index in [0.29, 0.717) is 18.4 Å². The normalized spacial score (nSPS) is 19.8. The fourth-order valence-electron chi connectivity index (χ4n) is 2.71. The lowest BCUT2D eigenvalue weighted by atomic mass is 9.95. The number of nitrogens with two attached hydrogens (primary N) is 1. The Balaban J connectivity index is 2.58. The average Bonchev–Trinajstić information content (AvgIpc) is 2.45. The number of carbonyl (C=O) groups excluding carboxylic acids is 1. The monoisotopic (exact) mass is 311 g/mol. The van der Waals surface area contributed by atoms with Crippen molar-refractivity contribution in [3.05, 3.63) is 0 Å². The minimum absolute atomic E-state index is 0.202. The molecule has 0 aromatic carbocycles. The summed E-state index contributed by atoms with van der Waals surface area (Å²) >= 11 is 0. The van der Waals surface area contributed by atoms with E-state index in [1.807, 2.05) is 0 Å². The number of likely N-dealkylation sites (tertiary alicyclic amines) is 1. The number of primary amides is 1. The van der Waals surface area contributed by atoms with Gasteiger partial charge in [-0.25, -0.2) is 0 Å². The van der Waals surface area contributed by atoms with Crippen LogP contribution in [0.25, 0.3) is 0 Å². The number of rotatable bonds is 7. The maximum Gasteiger partial charge on any atom is 0.217 e. The molecule has 0 saturated carbocycles. The number of aliphatic imine (C=N–C) groups is 1. The number of carbonyl (C=O) groups is 1. The second kappa shape index (κ2) is 9.66. The van der Waals surface area contributed by atoms with E-state index >= 15 is 0 Å². The van der Waals surface area contributed by atoms with Gasteiger partial charge in [0.1, 0.15) is 0 Å². The third-order valence-corrected chi connectivity index (χ3v) is 4.24. The summed E-state index contributed by atoms with van der Waals surface area (Å²) in [5, 5.41) is 3.37. The Bertz CT molecular complexity index is 370. The number of hydrogen-bond acceptors (Lipinski definition) is 3. The lowest BCUT2D eigenvalue weighted by molar-refractivity contribution is -0.119. The van der Waals surface area contributed by atoms with E-state index in [-0.39, 0.29) is 5.91 Å². The molecule has 6 nitrogen and oxygen atoms in total. The van der Waals surface area contributed by atoms with Crippen LogP contribution in [0.2, 0.25) is 0 Å². The van der Waals surface area contributed by atoms with Crippen LogP contribution in [0.4, 0.5) is 0 Å². The summed E-state index contributed by atoms with van der Waals surface area (Å²) in [6, 6.07) is 0.535. The smallest absolute Gasteiger partial charge is 0.217 e. The van der Waals surface area contributed by atoms with Crippen LogP contribution in [-0.2, 0) is 4.79 Å². The Morgan fingerprint density at radius 2 is 2.23 bits per heavy atom. The lowest BCUT2D eigenvalue weighted by Crippen LogP contribution is -2.47. The molecule has 1 fully saturated rings. The zero-order chi connectivity index (χ0) is 16.5. The Morgan fingerprint density at radius 1 is 1.50 bits per heavy atom. The van der Waals surface area contributed by atoms with Crippen LogP contribution >= 0.6 is 0 Å². The van der Waals surface area contributed by atoms with E-state index in [4.69, 9.17) is 10.7 Å². The average molecular weight is 311 g/mol. The molecule has 0 spiro atoms. The van der Waals surface area contributed by atoms with Gasteiger partial charge in [-0.05, 0) is 46.6 Å². The quantitative estimate of drug-likeness (QED) is 0.541. The highest BCUT2D eigenvalue weighted by atomic mass is 16.1. The van der Waals surface area contributed by atoms with Gasteiger partial charge in [0.2, 0.25) is 5.91 Å². The summed E-state index contributed by atoms with van der Waals surface area (Å²) in [5.41, 5.74) is 5.34. The first-order chi connectivity index (χ1) is 10.4. The number of hydrogen-bond donors (Lipinski definition) is 2. The lowest BCUT2D eigenvalue weighted by Gasteiger charge is -2.34. The third kappa shape index (κ3) is 6.64. The highest BCUT2D eigenvalue weighted by Gasteiger charge is 2.23. The van der Waals surface area contributed by atoms with Gasteiger partial charge < -0.3 is 20.9 Å². The summed E-state index contributed by atoms with van der Waals surface area (Å²) in [4.78, 5) is 20.4. The van der Waals surface area contributed by atoms with Crippen molar-refractivity contribution in [3.8, 4) is 0 Å². The summed E-state index contributed by atoms with van der Waals surface area (Å²) in [5.74, 6) is 1.12. The van der Waals surface area contributed by atoms with Crippen molar-refractivity contribution >= 4 is 11.9 Å². The Hall–Kier alpha value is -1.30. The van der Waals surface area contributed by atoms with Gasteiger partial charge >= 0.3 is 0 Å². The van der Waals surface area contributed by atoms with Crippen LogP contribution in [0.1, 0.15) is 40.0 Å². The van der Waals surface area contributed by atoms with Crippen molar-refractivity contribution < 1.29 is 4.79 Å². The molecule has 128 valence electrons. The Morgan fingerprint density at radius 3 is 2.82 bits per heavy atom. The molecule has 1 amide bonds. The first kappa shape index (κ1) is 18.7. The predicted molar refractivity (Wildman–Crippen MR) is 91.9 cm³/mol. The minimum atomic E-state index is -0.202. The zero-order valence-electron chi connectivity index (χ0n) is 14.6. The highest BCUT2D eigenvalue weighted by Crippen LogP contribution is 2.19. The summed E-state index contributed by atoms with van der Waals surface area (Å²) in [7, 11) is 2.12. The summed E-state index contributed by atoms with van der Waals surface area (Å²) in [6.07, 6.45) is 2.65. The van der Waals surface area contributed by atoms with E-state index in [2.05, 4.69) is 42.9 Å². The standard InChI is InChI=1S/C16H33N5O/c1-5-18-16(19-8-10-20(4)13(2)3)21-9-6-7-14(12-21)11-15(17)22/h13-14H,5-12H2,1-4H3,(H2,17,22)(H,18,19). The van der Waals surface area contributed by atoms with Gasteiger partial charge in [0.25, 0.3) is 0 Å². The van der Waals surface area contributed by atoms with E-state index in [1.54, 1.807) is 0 Å². The SMILES string of the molecule is CCNC(=NCCN(C)C(C)C)N1CCCC(CC(N)=O)C1. The van der Waals surface area contributed by atoms with Crippen molar-refractivity contribution in [1.29, 1.82) is 0 Å². The first-order valence-electron chi connectivity index (χ1n) is 8.45. The van der Waals surface area contributed by atoms with Crippen molar-refractivity contribution in [1.82, 2.24) is 15.1 Å². The topological polar surface area (TPSA) is 74.0 Å². The highest BCUT2D eigenvalue weighted by molar-refractivity contribution is 5.80. The maximum atomic E-state index is 11.1. The first-order valence-corrected chi connectivity index (χ1v) is 8.45. The molecule has 0 radical (unpaired) electrons. The van der Waals surface area contributed by atoms with Crippen LogP contribution in [0, 0.1) is 5.92 Å². The van der Waals surface area contributed by atoms with Crippen molar-refractivity contribution in [2.24, 2.45) is 16.6 Å². The molecule has 0 aromatic rings. The largest absolute Gasteiger partial charge is 0.370 e. The van der Waals surface area contributed by atoms with Gasteiger partial charge in [0, 0.05) is 38.6 Å². The molecule has 0 aliphatic carbocycles. The van der Waals surface area contributed by atoms with Crippen molar-refractivity contribution in [2.45, 2.75) is 46.1 Å². The molecule has 0 aromatic heterocycles. The maximum absolute atomic E-state index is 11.1.